The minimum Gasteiger partial charge on any atom is -0.380 e. The van der Waals surface area contributed by atoms with E-state index in [1.807, 2.05) is 18.7 Å². The van der Waals surface area contributed by atoms with E-state index in [2.05, 4.69) is 25.9 Å². The Kier molecular flexibility index (Phi) is 4.27. The van der Waals surface area contributed by atoms with Gasteiger partial charge in [-0.25, -0.2) is 0 Å². The van der Waals surface area contributed by atoms with Crippen molar-refractivity contribution in [2.45, 2.75) is 32.0 Å². The number of methoxy groups -OCH3 is 1. The lowest BCUT2D eigenvalue weighted by atomic mass is 10.2. The molecular formula is C12H19BrN4O2. The molecule has 2 N–H and O–H groups in total. The molecule has 1 aliphatic heterocycles. The van der Waals surface area contributed by atoms with Crippen molar-refractivity contribution >= 4 is 21.8 Å². The first-order valence-corrected chi connectivity index (χ1v) is 6.97. The van der Waals surface area contributed by atoms with Crippen LogP contribution in [0.1, 0.15) is 17.8 Å². The SMILES string of the molecule is CO[C@H]1C[C@@H](C(N)=O)N(Cc2c(Br)c(C)nn2C)C1. The summed E-state index contributed by atoms with van der Waals surface area (Å²) in [6.07, 6.45) is 0.714. The number of hydrogen-bond donors (Lipinski definition) is 1. The highest BCUT2D eigenvalue weighted by Crippen LogP contribution is 2.26. The zero-order chi connectivity index (χ0) is 14.2. The molecule has 0 aromatic carbocycles. The highest BCUT2D eigenvalue weighted by atomic mass is 79.9. The van der Waals surface area contributed by atoms with Gasteiger partial charge in [-0.3, -0.25) is 14.4 Å². The Hall–Kier alpha value is -0.920. The molecule has 106 valence electrons. The average Bonchev–Trinajstić information content (AvgIpc) is 2.86. The maximum absolute atomic E-state index is 11.5. The lowest BCUT2D eigenvalue weighted by molar-refractivity contribution is -0.122. The summed E-state index contributed by atoms with van der Waals surface area (Å²) in [4.78, 5) is 13.6. The molecule has 1 fully saturated rings. The lowest BCUT2D eigenvalue weighted by Crippen LogP contribution is -2.40. The van der Waals surface area contributed by atoms with Gasteiger partial charge >= 0.3 is 0 Å². The van der Waals surface area contributed by atoms with Gasteiger partial charge in [0.25, 0.3) is 0 Å². The number of rotatable bonds is 4. The van der Waals surface area contributed by atoms with E-state index in [-0.39, 0.29) is 18.1 Å². The third-order valence-electron chi connectivity index (χ3n) is 3.64. The summed E-state index contributed by atoms with van der Waals surface area (Å²) >= 11 is 3.54. The number of amides is 1. The van der Waals surface area contributed by atoms with E-state index >= 15 is 0 Å². The van der Waals surface area contributed by atoms with Crippen molar-refractivity contribution < 1.29 is 9.53 Å². The van der Waals surface area contributed by atoms with Crippen LogP contribution in [0.5, 0.6) is 0 Å². The molecule has 2 heterocycles. The first kappa shape index (κ1) is 14.5. The Balaban J connectivity index is 2.19. The predicted molar refractivity (Wildman–Crippen MR) is 74.5 cm³/mol. The molecule has 1 aliphatic rings. The fourth-order valence-corrected chi connectivity index (χ4v) is 3.01. The molecule has 1 amide bonds. The first-order valence-electron chi connectivity index (χ1n) is 6.18. The van der Waals surface area contributed by atoms with Gasteiger partial charge in [0.2, 0.25) is 5.91 Å². The summed E-state index contributed by atoms with van der Waals surface area (Å²) < 4.78 is 8.16. The summed E-state index contributed by atoms with van der Waals surface area (Å²) in [6, 6.07) is -0.271. The van der Waals surface area contributed by atoms with Gasteiger partial charge in [0.15, 0.2) is 0 Å². The zero-order valence-corrected chi connectivity index (χ0v) is 13.0. The van der Waals surface area contributed by atoms with Crippen LogP contribution in [0.15, 0.2) is 4.47 Å². The number of carbonyl (C=O) groups is 1. The van der Waals surface area contributed by atoms with Crippen LogP contribution in [0, 0.1) is 6.92 Å². The van der Waals surface area contributed by atoms with Crippen molar-refractivity contribution in [3.8, 4) is 0 Å². The lowest BCUT2D eigenvalue weighted by Gasteiger charge is -2.21. The average molecular weight is 331 g/mol. The van der Waals surface area contributed by atoms with E-state index in [1.54, 1.807) is 7.11 Å². The molecule has 0 spiro atoms. The molecule has 1 saturated heterocycles. The van der Waals surface area contributed by atoms with Crippen LogP contribution in [0.4, 0.5) is 0 Å². The summed E-state index contributed by atoms with van der Waals surface area (Å²) in [6.45, 7) is 3.28. The number of halogens is 1. The monoisotopic (exact) mass is 330 g/mol. The number of aryl methyl sites for hydroxylation is 2. The Morgan fingerprint density at radius 3 is 2.79 bits per heavy atom. The molecule has 0 unspecified atom stereocenters. The summed E-state index contributed by atoms with van der Waals surface area (Å²) in [5.41, 5.74) is 7.45. The highest BCUT2D eigenvalue weighted by Gasteiger charge is 2.36. The maximum atomic E-state index is 11.5. The highest BCUT2D eigenvalue weighted by molar-refractivity contribution is 9.10. The van der Waals surface area contributed by atoms with Crippen LogP contribution in [0.3, 0.4) is 0 Å². The Bertz CT molecular complexity index is 488. The third-order valence-corrected chi connectivity index (χ3v) is 4.67. The fraction of sp³-hybridized carbons (Fsp3) is 0.667. The fourth-order valence-electron chi connectivity index (χ4n) is 2.55. The second-order valence-corrected chi connectivity index (χ2v) is 5.70. The third kappa shape index (κ3) is 2.82. The molecule has 0 bridgehead atoms. The van der Waals surface area contributed by atoms with Crippen molar-refractivity contribution in [1.82, 2.24) is 14.7 Å². The maximum Gasteiger partial charge on any atom is 0.234 e. The van der Waals surface area contributed by atoms with Gasteiger partial charge in [-0.05, 0) is 29.3 Å². The van der Waals surface area contributed by atoms with Crippen LogP contribution in [-0.4, -0.2) is 46.4 Å². The second-order valence-electron chi connectivity index (χ2n) is 4.91. The number of aromatic nitrogens is 2. The topological polar surface area (TPSA) is 73.4 Å². The minimum absolute atomic E-state index is 0.0607. The molecule has 7 heteroatoms. The molecular weight excluding hydrogens is 312 g/mol. The number of ether oxygens (including phenoxy) is 1. The largest absolute Gasteiger partial charge is 0.380 e. The van der Waals surface area contributed by atoms with Crippen LogP contribution in [0.25, 0.3) is 0 Å². The quantitative estimate of drug-likeness (QED) is 0.875. The van der Waals surface area contributed by atoms with Crippen molar-refractivity contribution in [3.63, 3.8) is 0 Å². The second kappa shape index (κ2) is 5.60. The van der Waals surface area contributed by atoms with Gasteiger partial charge in [0, 0.05) is 27.2 Å². The summed E-state index contributed by atoms with van der Waals surface area (Å²) in [5, 5.41) is 4.36. The first-order chi connectivity index (χ1) is 8.93. The van der Waals surface area contributed by atoms with Crippen LogP contribution in [0.2, 0.25) is 0 Å². The van der Waals surface area contributed by atoms with E-state index in [0.717, 1.165) is 15.9 Å². The number of nitrogens with zero attached hydrogens (tertiary/aromatic N) is 3. The molecule has 0 aliphatic carbocycles. The molecule has 1 aromatic rings. The number of hydrogen-bond acceptors (Lipinski definition) is 4. The molecule has 0 saturated carbocycles. The number of nitrogens with two attached hydrogens (primary N) is 1. The number of primary amides is 1. The van der Waals surface area contributed by atoms with Gasteiger partial charge in [-0.2, -0.15) is 5.10 Å². The van der Waals surface area contributed by atoms with Crippen LogP contribution in [-0.2, 0) is 23.1 Å². The van der Waals surface area contributed by atoms with Crippen LogP contribution < -0.4 is 5.73 Å². The van der Waals surface area contributed by atoms with E-state index in [9.17, 15) is 4.79 Å². The molecule has 1 aromatic heterocycles. The van der Waals surface area contributed by atoms with Crippen molar-refractivity contribution in [1.29, 1.82) is 0 Å². The van der Waals surface area contributed by atoms with E-state index < -0.39 is 0 Å². The Morgan fingerprint density at radius 1 is 1.63 bits per heavy atom. The predicted octanol–water partition coefficient (Wildman–Crippen LogP) is 0.566. The molecule has 2 rings (SSSR count). The molecule has 19 heavy (non-hydrogen) atoms. The molecule has 6 nitrogen and oxygen atoms in total. The zero-order valence-electron chi connectivity index (χ0n) is 11.4. The van der Waals surface area contributed by atoms with Gasteiger partial charge in [0.1, 0.15) is 0 Å². The van der Waals surface area contributed by atoms with E-state index in [1.165, 1.54) is 0 Å². The minimum atomic E-state index is -0.297. The van der Waals surface area contributed by atoms with E-state index in [0.29, 0.717) is 19.5 Å². The van der Waals surface area contributed by atoms with Gasteiger partial charge < -0.3 is 10.5 Å². The summed E-state index contributed by atoms with van der Waals surface area (Å²) in [5.74, 6) is -0.297. The smallest absolute Gasteiger partial charge is 0.234 e. The van der Waals surface area contributed by atoms with Crippen molar-refractivity contribution in [2.75, 3.05) is 13.7 Å². The molecule has 0 radical (unpaired) electrons. The van der Waals surface area contributed by atoms with Gasteiger partial charge in [0.05, 0.1) is 28.0 Å². The number of carbonyl (C=O) groups excluding carboxylic acids is 1. The number of likely N-dealkylation sites (tertiary alicyclic amines) is 1. The summed E-state index contributed by atoms with van der Waals surface area (Å²) in [7, 11) is 3.56. The normalized spacial score (nSPS) is 24.0. The van der Waals surface area contributed by atoms with Gasteiger partial charge in [-0.1, -0.05) is 0 Å². The van der Waals surface area contributed by atoms with E-state index in [4.69, 9.17) is 10.5 Å². The van der Waals surface area contributed by atoms with Crippen LogP contribution >= 0.6 is 15.9 Å². The van der Waals surface area contributed by atoms with Crippen molar-refractivity contribution in [2.24, 2.45) is 12.8 Å². The van der Waals surface area contributed by atoms with Gasteiger partial charge in [-0.15, -0.1) is 0 Å². The van der Waals surface area contributed by atoms with Crippen molar-refractivity contribution in [3.05, 3.63) is 15.9 Å². The Labute approximate surface area is 121 Å². The molecule has 2 atom stereocenters. The standard InChI is InChI=1S/C12H19BrN4O2/c1-7-11(13)10(16(2)15-7)6-17-5-8(19-3)4-9(17)12(14)18/h8-9H,4-6H2,1-3H3,(H2,14,18)/t8-,9-/m0/s1. The Morgan fingerprint density at radius 2 is 2.32 bits per heavy atom.